The van der Waals surface area contributed by atoms with Gasteiger partial charge in [0.15, 0.2) is 5.69 Å². The molecule has 0 N–H and O–H groups in total. The van der Waals surface area contributed by atoms with Gasteiger partial charge in [0.25, 0.3) is 0 Å². The van der Waals surface area contributed by atoms with Crippen LogP contribution in [0.5, 0.6) is 0 Å². The smallest absolute Gasteiger partial charge is 0.361 e. The highest BCUT2D eigenvalue weighted by molar-refractivity contribution is 5.94. The van der Waals surface area contributed by atoms with Crippen molar-refractivity contribution >= 4 is 5.97 Å². The molecule has 0 amide bonds. The van der Waals surface area contributed by atoms with Crippen LogP contribution in [0, 0.1) is 0 Å². The van der Waals surface area contributed by atoms with E-state index >= 15 is 0 Å². The van der Waals surface area contributed by atoms with Crippen molar-refractivity contribution in [2.24, 2.45) is 0 Å². The highest BCUT2D eigenvalue weighted by atomic mass is 16.5. The Kier molecular flexibility index (Phi) is 2.59. The molecule has 0 unspecified atom stereocenters. The first-order valence-electron chi connectivity index (χ1n) is 6.00. The van der Waals surface area contributed by atoms with Crippen molar-refractivity contribution in [3.63, 3.8) is 0 Å². The number of aryl methyl sites for hydroxylation is 2. The summed E-state index contributed by atoms with van der Waals surface area (Å²) in [6.07, 6.45) is 0.912. The molecule has 5 heteroatoms. The van der Waals surface area contributed by atoms with Gasteiger partial charge in [-0.3, -0.25) is 0 Å². The Bertz CT molecular complexity index is 604. The second-order valence-electron chi connectivity index (χ2n) is 4.14. The van der Waals surface area contributed by atoms with Crippen molar-refractivity contribution < 1.29 is 9.53 Å². The standard InChI is InChI=1S/C13H13N3O2/c1-2-18-13(17)11-12-10-6-4-3-5-9(10)7-8-16(12)15-14-11/h3-6H,2,7-8H2,1H3. The Hall–Kier alpha value is -2.17. The van der Waals surface area contributed by atoms with E-state index in [1.54, 1.807) is 11.6 Å². The highest BCUT2D eigenvalue weighted by Gasteiger charge is 2.26. The summed E-state index contributed by atoms with van der Waals surface area (Å²) in [6.45, 7) is 2.87. The topological polar surface area (TPSA) is 57.0 Å². The van der Waals surface area contributed by atoms with Crippen molar-refractivity contribution in [3.05, 3.63) is 35.5 Å². The van der Waals surface area contributed by atoms with Crippen LogP contribution >= 0.6 is 0 Å². The first-order valence-corrected chi connectivity index (χ1v) is 6.00. The van der Waals surface area contributed by atoms with E-state index in [4.69, 9.17) is 4.74 Å². The summed E-state index contributed by atoms with van der Waals surface area (Å²) in [5.41, 5.74) is 3.33. The van der Waals surface area contributed by atoms with E-state index in [1.165, 1.54) is 5.56 Å². The summed E-state index contributed by atoms with van der Waals surface area (Å²) < 4.78 is 6.79. The third-order valence-electron chi connectivity index (χ3n) is 3.07. The van der Waals surface area contributed by atoms with Gasteiger partial charge in [0, 0.05) is 12.1 Å². The molecule has 1 aliphatic rings. The van der Waals surface area contributed by atoms with Crippen molar-refractivity contribution in [1.82, 2.24) is 15.0 Å². The third kappa shape index (κ3) is 1.59. The average molecular weight is 243 g/mol. The van der Waals surface area contributed by atoms with Crippen LogP contribution in [0.3, 0.4) is 0 Å². The molecule has 5 nitrogen and oxygen atoms in total. The zero-order chi connectivity index (χ0) is 12.5. The van der Waals surface area contributed by atoms with Crippen molar-refractivity contribution in [2.45, 2.75) is 19.9 Å². The van der Waals surface area contributed by atoms with Crippen molar-refractivity contribution in [1.29, 1.82) is 0 Å². The molecule has 0 bridgehead atoms. The van der Waals surface area contributed by atoms with Crippen LogP contribution in [0.4, 0.5) is 0 Å². The van der Waals surface area contributed by atoms with E-state index in [0.29, 0.717) is 12.3 Å². The molecule has 1 aromatic heterocycles. The first-order chi connectivity index (χ1) is 8.81. The molecule has 92 valence electrons. The monoisotopic (exact) mass is 243 g/mol. The zero-order valence-electron chi connectivity index (χ0n) is 10.1. The summed E-state index contributed by atoms with van der Waals surface area (Å²) in [7, 11) is 0. The lowest BCUT2D eigenvalue weighted by Gasteiger charge is -2.17. The zero-order valence-corrected chi connectivity index (χ0v) is 10.1. The minimum absolute atomic E-state index is 0.309. The number of hydrogen-bond acceptors (Lipinski definition) is 4. The quantitative estimate of drug-likeness (QED) is 0.753. The Labute approximate surface area is 104 Å². The van der Waals surface area contributed by atoms with Crippen LogP contribution in [0.2, 0.25) is 0 Å². The van der Waals surface area contributed by atoms with Gasteiger partial charge in [-0.2, -0.15) is 0 Å². The van der Waals surface area contributed by atoms with Crippen LogP contribution in [0.1, 0.15) is 23.0 Å². The maximum Gasteiger partial charge on any atom is 0.361 e. The second-order valence-corrected chi connectivity index (χ2v) is 4.14. The molecule has 0 aliphatic carbocycles. The van der Waals surface area contributed by atoms with Gasteiger partial charge in [-0.15, -0.1) is 5.10 Å². The van der Waals surface area contributed by atoms with Crippen LogP contribution in [0.25, 0.3) is 11.3 Å². The number of carbonyl (C=O) groups is 1. The lowest BCUT2D eigenvalue weighted by atomic mass is 9.97. The lowest BCUT2D eigenvalue weighted by Crippen LogP contribution is -2.14. The maximum atomic E-state index is 11.8. The second kappa shape index (κ2) is 4.25. The van der Waals surface area contributed by atoms with Crippen molar-refractivity contribution in [3.8, 4) is 11.3 Å². The summed E-state index contributed by atoms with van der Waals surface area (Å²) in [5.74, 6) is -0.407. The fourth-order valence-corrected chi connectivity index (χ4v) is 2.27. The van der Waals surface area contributed by atoms with Gasteiger partial charge in [-0.05, 0) is 18.9 Å². The van der Waals surface area contributed by atoms with Gasteiger partial charge >= 0.3 is 5.97 Å². The van der Waals surface area contributed by atoms with Crippen LogP contribution < -0.4 is 0 Å². The van der Waals surface area contributed by atoms with Crippen LogP contribution in [-0.4, -0.2) is 27.6 Å². The molecule has 1 aromatic carbocycles. The average Bonchev–Trinajstić information content (AvgIpc) is 2.83. The first kappa shape index (κ1) is 11.0. The van der Waals surface area contributed by atoms with Gasteiger partial charge < -0.3 is 4.74 Å². The number of nitrogens with zero attached hydrogens (tertiary/aromatic N) is 3. The molecule has 2 heterocycles. The predicted molar refractivity (Wildman–Crippen MR) is 65.1 cm³/mol. The number of benzene rings is 1. The summed E-state index contributed by atoms with van der Waals surface area (Å²) >= 11 is 0. The molecule has 0 saturated carbocycles. The molecule has 1 aliphatic heterocycles. The number of esters is 1. The molecule has 0 atom stereocenters. The Balaban J connectivity index is 2.13. The predicted octanol–water partition coefficient (Wildman–Crippen LogP) is 1.68. The number of ether oxygens (including phenoxy) is 1. The minimum atomic E-state index is -0.407. The molecule has 0 spiro atoms. The number of fused-ring (bicyclic) bond motifs is 3. The molecule has 2 aromatic rings. The molecule has 3 rings (SSSR count). The number of aromatic nitrogens is 3. The van der Waals surface area contributed by atoms with Gasteiger partial charge in [0.05, 0.1) is 6.61 Å². The molecule has 0 saturated heterocycles. The third-order valence-corrected chi connectivity index (χ3v) is 3.07. The van der Waals surface area contributed by atoms with E-state index in [0.717, 1.165) is 24.2 Å². The van der Waals surface area contributed by atoms with Gasteiger partial charge in [-0.1, -0.05) is 29.5 Å². The number of carbonyl (C=O) groups excluding carboxylic acids is 1. The van der Waals surface area contributed by atoms with E-state index in [2.05, 4.69) is 16.4 Å². The van der Waals surface area contributed by atoms with Gasteiger partial charge in [-0.25, -0.2) is 9.48 Å². The molecule has 0 fully saturated rings. The molecular weight excluding hydrogens is 230 g/mol. The maximum absolute atomic E-state index is 11.8. The van der Waals surface area contributed by atoms with E-state index in [9.17, 15) is 4.79 Å². The molecule has 18 heavy (non-hydrogen) atoms. The van der Waals surface area contributed by atoms with E-state index < -0.39 is 5.97 Å². The van der Waals surface area contributed by atoms with Gasteiger partial charge in [0.1, 0.15) is 5.69 Å². The summed E-state index contributed by atoms with van der Waals surface area (Å²) in [5, 5.41) is 7.98. The SMILES string of the molecule is CCOC(=O)c1nnn2c1-c1ccccc1CC2. The van der Waals surface area contributed by atoms with E-state index in [-0.39, 0.29) is 0 Å². The van der Waals surface area contributed by atoms with Crippen molar-refractivity contribution in [2.75, 3.05) is 6.61 Å². The highest BCUT2D eigenvalue weighted by Crippen LogP contribution is 2.30. The minimum Gasteiger partial charge on any atom is -0.461 e. The fraction of sp³-hybridized carbons (Fsp3) is 0.308. The molecular formula is C13H13N3O2. The number of rotatable bonds is 2. The normalized spacial score (nSPS) is 12.7. The largest absolute Gasteiger partial charge is 0.461 e. The fourth-order valence-electron chi connectivity index (χ4n) is 2.27. The van der Waals surface area contributed by atoms with Crippen LogP contribution in [0.15, 0.2) is 24.3 Å². The Morgan fingerprint density at radius 2 is 2.28 bits per heavy atom. The van der Waals surface area contributed by atoms with E-state index in [1.807, 2.05) is 18.2 Å². The van der Waals surface area contributed by atoms with Gasteiger partial charge in [0.2, 0.25) is 0 Å². The Morgan fingerprint density at radius 3 is 3.11 bits per heavy atom. The van der Waals surface area contributed by atoms with Crippen LogP contribution in [-0.2, 0) is 17.7 Å². The molecule has 0 radical (unpaired) electrons. The lowest BCUT2D eigenvalue weighted by molar-refractivity contribution is 0.0520. The summed E-state index contributed by atoms with van der Waals surface area (Å²) in [4.78, 5) is 11.8. The Morgan fingerprint density at radius 1 is 1.44 bits per heavy atom. The number of hydrogen-bond donors (Lipinski definition) is 0. The summed E-state index contributed by atoms with van der Waals surface area (Å²) in [6, 6.07) is 8.02.